The van der Waals surface area contributed by atoms with E-state index in [-0.39, 0.29) is 6.54 Å². The highest BCUT2D eigenvalue weighted by Crippen LogP contribution is 2.16. The Kier molecular flexibility index (Phi) is 7.81. The molecule has 0 saturated heterocycles. The summed E-state index contributed by atoms with van der Waals surface area (Å²) in [5.41, 5.74) is 1.65. The van der Waals surface area contributed by atoms with Crippen LogP contribution in [0.1, 0.15) is 17.5 Å². The third-order valence-corrected chi connectivity index (χ3v) is 5.58. The van der Waals surface area contributed by atoms with Crippen LogP contribution in [-0.2, 0) is 16.6 Å². The van der Waals surface area contributed by atoms with Crippen molar-refractivity contribution in [3.8, 4) is 0 Å². The van der Waals surface area contributed by atoms with E-state index in [1.54, 1.807) is 26.2 Å². The molecule has 0 spiro atoms. The van der Waals surface area contributed by atoms with E-state index in [0.717, 1.165) is 30.6 Å². The second-order valence-electron chi connectivity index (χ2n) is 6.22. The Bertz CT molecular complexity index is 847. The predicted octanol–water partition coefficient (Wildman–Crippen LogP) is 1.03. The standard InChI is InChI=1S/C18H28N6O2S/c1-15-6-7-16(2)17(14-15)27(25,26)23-11-10-21-18(19-3)20-8-4-12-24-13-5-9-22-24/h5-7,9,13-14,23H,4,8,10-12H2,1-3H3,(H2,19,20,21). The van der Waals surface area contributed by atoms with Crippen LogP contribution in [0.3, 0.4) is 0 Å². The molecule has 1 aromatic carbocycles. The average molecular weight is 393 g/mol. The van der Waals surface area contributed by atoms with Crippen molar-refractivity contribution in [2.45, 2.75) is 31.7 Å². The van der Waals surface area contributed by atoms with Gasteiger partial charge in [-0.1, -0.05) is 12.1 Å². The SMILES string of the molecule is CN=C(NCCCn1cccn1)NCCNS(=O)(=O)c1cc(C)ccc1C. The van der Waals surface area contributed by atoms with Gasteiger partial charge in [-0.2, -0.15) is 5.10 Å². The second-order valence-corrected chi connectivity index (χ2v) is 7.95. The van der Waals surface area contributed by atoms with E-state index >= 15 is 0 Å². The molecular formula is C18H28N6O2S. The monoisotopic (exact) mass is 392 g/mol. The van der Waals surface area contributed by atoms with Crippen LogP contribution in [0.25, 0.3) is 0 Å². The maximum Gasteiger partial charge on any atom is 0.240 e. The third kappa shape index (κ3) is 6.69. The minimum atomic E-state index is -3.52. The molecule has 2 rings (SSSR count). The molecular weight excluding hydrogens is 364 g/mol. The quantitative estimate of drug-likeness (QED) is 0.336. The van der Waals surface area contributed by atoms with E-state index in [1.165, 1.54) is 0 Å². The van der Waals surface area contributed by atoms with Gasteiger partial charge in [0.1, 0.15) is 0 Å². The van der Waals surface area contributed by atoms with Crippen molar-refractivity contribution in [1.82, 2.24) is 25.1 Å². The topological polar surface area (TPSA) is 100 Å². The smallest absolute Gasteiger partial charge is 0.240 e. The zero-order chi connectivity index (χ0) is 19.7. The molecule has 0 aliphatic rings. The molecule has 2 aromatic rings. The zero-order valence-corrected chi connectivity index (χ0v) is 16.9. The Labute approximate surface area is 161 Å². The Morgan fingerprint density at radius 2 is 1.96 bits per heavy atom. The maximum absolute atomic E-state index is 12.4. The normalized spacial score (nSPS) is 12.2. The molecule has 0 radical (unpaired) electrons. The lowest BCUT2D eigenvalue weighted by Gasteiger charge is -2.13. The summed E-state index contributed by atoms with van der Waals surface area (Å²) in [6.07, 6.45) is 4.59. The van der Waals surface area contributed by atoms with Crippen molar-refractivity contribution in [2.24, 2.45) is 4.99 Å². The van der Waals surface area contributed by atoms with E-state index in [1.807, 2.05) is 36.0 Å². The van der Waals surface area contributed by atoms with E-state index in [9.17, 15) is 8.42 Å². The molecule has 0 aliphatic heterocycles. The van der Waals surface area contributed by atoms with Crippen molar-refractivity contribution in [3.63, 3.8) is 0 Å². The Balaban J connectivity index is 1.71. The van der Waals surface area contributed by atoms with Crippen LogP contribution in [0.15, 0.2) is 46.5 Å². The van der Waals surface area contributed by atoms with Crippen LogP contribution in [0.5, 0.6) is 0 Å². The lowest BCUT2D eigenvalue weighted by molar-refractivity contribution is 0.569. The van der Waals surface area contributed by atoms with E-state index in [2.05, 4.69) is 25.4 Å². The first-order valence-corrected chi connectivity index (χ1v) is 10.4. The van der Waals surface area contributed by atoms with E-state index in [0.29, 0.717) is 17.4 Å². The molecule has 1 aromatic heterocycles. The summed E-state index contributed by atoms with van der Waals surface area (Å²) in [4.78, 5) is 4.46. The van der Waals surface area contributed by atoms with Crippen LogP contribution < -0.4 is 15.4 Å². The number of aromatic nitrogens is 2. The summed E-state index contributed by atoms with van der Waals surface area (Å²) in [5, 5.41) is 10.5. The van der Waals surface area contributed by atoms with Crippen LogP contribution in [0, 0.1) is 13.8 Å². The van der Waals surface area contributed by atoms with E-state index < -0.39 is 10.0 Å². The number of guanidine groups is 1. The van der Waals surface area contributed by atoms with Crippen molar-refractivity contribution in [3.05, 3.63) is 47.8 Å². The highest BCUT2D eigenvalue weighted by atomic mass is 32.2. The number of hydrogen-bond acceptors (Lipinski definition) is 4. The van der Waals surface area contributed by atoms with Crippen molar-refractivity contribution >= 4 is 16.0 Å². The molecule has 27 heavy (non-hydrogen) atoms. The van der Waals surface area contributed by atoms with Crippen molar-refractivity contribution in [2.75, 3.05) is 26.7 Å². The number of hydrogen-bond donors (Lipinski definition) is 3. The third-order valence-electron chi connectivity index (χ3n) is 3.98. The fourth-order valence-electron chi connectivity index (χ4n) is 2.54. The van der Waals surface area contributed by atoms with Crippen molar-refractivity contribution < 1.29 is 8.42 Å². The number of rotatable bonds is 9. The second kappa shape index (κ2) is 10.1. The van der Waals surface area contributed by atoms with E-state index in [4.69, 9.17) is 0 Å². The fraction of sp³-hybridized carbons (Fsp3) is 0.444. The largest absolute Gasteiger partial charge is 0.356 e. The number of aliphatic imine (C=N–C) groups is 1. The molecule has 0 amide bonds. The average Bonchev–Trinajstić information content (AvgIpc) is 3.15. The molecule has 9 heteroatoms. The molecule has 8 nitrogen and oxygen atoms in total. The summed E-state index contributed by atoms with van der Waals surface area (Å²) in [6, 6.07) is 7.30. The summed E-state index contributed by atoms with van der Waals surface area (Å²) < 4.78 is 29.4. The molecule has 1 heterocycles. The van der Waals surface area contributed by atoms with Gasteiger partial charge in [-0.05, 0) is 43.5 Å². The van der Waals surface area contributed by atoms with Gasteiger partial charge in [0.2, 0.25) is 10.0 Å². The maximum atomic E-state index is 12.4. The highest BCUT2D eigenvalue weighted by molar-refractivity contribution is 7.89. The molecule has 0 saturated carbocycles. The number of nitrogens with one attached hydrogen (secondary N) is 3. The number of sulfonamides is 1. The molecule has 0 bridgehead atoms. The van der Waals surface area contributed by atoms with Crippen LogP contribution >= 0.6 is 0 Å². The van der Waals surface area contributed by atoms with Crippen LogP contribution in [0.2, 0.25) is 0 Å². The number of aryl methyl sites for hydroxylation is 3. The number of benzene rings is 1. The Morgan fingerprint density at radius 3 is 2.67 bits per heavy atom. The first-order valence-electron chi connectivity index (χ1n) is 8.91. The Hall–Kier alpha value is -2.39. The van der Waals surface area contributed by atoms with Crippen molar-refractivity contribution in [1.29, 1.82) is 0 Å². The van der Waals surface area contributed by atoms with Gasteiger partial charge in [-0.15, -0.1) is 0 Å². The Morgan fingerprint density at radius 1 is 1.19 bits per heavy atom. The lowest BCUT2D eigenvalue weighted by atomic mass is 10.2. The summed E-state index contributed by atoms with van der Waals surface area (Å²) in [7, 11) is -1.84. The van der Waals surface area contributed by atoms with Gasteiger partial charge in [0, 0.05) is 45.6 Å². The predicted molar refractivity (Wildman–Crippen MR) is 107 cm³/mol. The van der Waals surface area contributed by atoms with Gasteiger partial charge in [0.25, 0.3) is 0 Å². The van der Waals surface area contributed by atoms with Gasteiger partial charge in [0.05, 0.1) is 4.90 Å². The molecule has 0 unspecified atom stereocenters. The first kappa shape index (κ1) is 20.9. The van der Waals surface area contributed by atoms with Gasteiger partial charge >= 0.3 is 0 Å². The van der Waals surface area contributed by atoms with Crippen LogP contribution in [-0.4, -0.2) is 50.8 Å². The zero-order valence-electron chi connectivity index (χ0n) is 16.1. The minimum Gasteiger partial charge on any atom is -0.356 e. The number of nitrogens with zero attached hydrogens (tertiary/aromatic N) is 3. The fourth-order valence-corrected chi connectivity index (χ4v) is 3.90. The molecule has 3 N–H and O–H groups in total. The summed E-state index contributed by atoms with van der Waals surface area (Å²) >= 11 is 0. The molecule has 0 atom stereocenters. The van der Waals surface area contributed by atoms with Gasteiger partial charge in [-0.25, -0.2) is 13.1 Å². The summed E-state index contributed by atoms with van der Waals surface area (Å²) in [5.74, 6) is 0.640. The van der Waals surface area contributed by atoms with Gasteiger partial charge < -0.3 is 10.6 Å². The first-order chi connectivity index (χ1) is 12.9. The minimum absolute atomic E-state index is 0.268. The molecule has 148 valence electrons. The highest BCUT2D eigenvalue weighted by Gasteiger charge is 2.16. The van der Waals surface area contributed by atoms with Gasteiger partial charge in [0.15, 0.2) is 5.96 Å². The van der Waals surface area contributed by atoms with Crippen LogP contribution in [0.4, 0.5) is 0 Å². The molecule has 0 aliphatic carbocycles. The summed E-state index contributed by atoms with van der Waals surface area (Å²) in [6.45, 7) is 5.94. The lowest BCUT2D eigenvalue weighted by Crippen LogP contribution is -2.42. The molecule has 0 fully saturated rings. The van der Waals surface area contributed by atoms with Gasteiger partial charge in [-0.3, -0.25) is 9.67 Å².